The highest BCUT2D eigenvalue weighted by Gasteiger charge is 2.05. The third-order valence-corrected chi connectivity index (χ3v) is 3.40. The molecule has 18 heavy (non-hydrogen) atoms. The maximum Gasteiger partial charge on any atom is 0.218 e. The molecule has 86 valence electrons. The van der Waals surface area contributed by atoms with E-state index in [0.29, 0.717) is 5.13 Å². The minimum atomic E-state index is -0.151. The SMILES string of the molecule is Cc1cc(C)c2sc(N=C=C(C#N)C#N)nc2c1. The molecule has 1 aromatic heterocycles. The maximum absolute atomic E-state index is 8.58. The molecule has 0 atom stereocenters. The van der Waals surface area contributed by atoms with Crippen molar-refractivity contribution in [1.29, 1.82) is 10.5 Å². The van der Waals surface area contributed by atoms with Gasteiger partial charge in [-0.25, -0.2) is 4.98 Å². The van der Waals surface area contributed by atoms with Crippen molar-refractivity contribution in [3.8, 4) is 12.1 Å². The highest BCUT2D eigenvalue weighted by molar-refractivity contribution is 7.22. The predicted octanol–water partition coefficient (Wildman–Crippen LogP) is 3.19. The zero-order valence-corrected chi connectivity index (χ0v) is 10.7. The highest BCUT2D eigenvalue weighted by atomic mass is 32.1. The van der Waals surface area contributed by atoms with Gasteiger partial charge < -0.3 is 0 Å². The fourth-order valence-electron chi connectivity index (χ4n) is 1.59. The average Bonchev–Trinajstić information content (AvgIpc) is 2.73. The van der Waals surface area contributed by atoms with Crippen LogP contribution in [0, 0.1) is 36.5 Å². The van der Waals surface area contributed by atoms with Crippen LogP contribution in [0.2, 0.25) is 0 Å². The lowest BCUT2D eigenvalue weighted by Crippen LogP contribution is -1.77. The van der Waals surface area contributed by atoms with Crippen LogP contribution in [0.4, 0.5) is 5.13 Å². The van der Waals surface area contributed by atoms with Crippen LogP contribution in [-0.4, -0.2) is 10.9 Å². The molecule has 2 aromatic rings. The normalized spacial score (nSPS) is 9.33. The van der Waals surface area contributed by atoms with Crippen molar-refractivity contribution < 1.29 is 0 Å². The molecule has 0 unspecified atom stereocenters. The maximum atomic E-state index is 8.58. The van der Waals surface area contributed by atoms with Gasteiger partial charge in [0, 0.05) is 5.87 Å². The Balaban J connectivity index is 2.57. The van der Waals surface area contributed by atoms with Gasteiger partial charge in [-0.2, -0.15) is 15.5 Å². The van der Waals surface area contributed by atoms with Gasteiger partial charge >= 0.3 is 0 Å². The van der Waals surface area contributed by atoms with E-state index in [-0.39, 0.29) is 5.57 Å². The van der Waals surface area contributed by atoms with Crippen molar-refractivity contribution in [3.63, 3.8) is 0 Å². The van der Waals surface area contributed by atoms with E-state index in [2.05, 4.69) is 21.9 Å². The molecule has 0 N–H and O–H groups in total. The topological polar surface area (TPSA) is 72.8 Å². The van der Waals surface area contributed by atoms with Crippen LogP contribution in [-0.2, 0) is 0 Å². The molecule has 0 radical (unpaired) electrons. The molecule has 5 heteroatoms. The fourth-order valence-corrected chi connectivity index (χ4v) is 2.44. The summed E-state index contributed by atoms with van der Waals surface area (Å²) in [6.45, 7) is 4.03. The van der Waals surface area contributed by atoms with Gasteiger partial charge in [0.25, 0.3) is 0 Å². The van der Waals surface area contributed by atoms with Gasteiger partial charge in [0.2, 0.25) is 5.13 Å². The van der Waals surface area contributed by atoms with E-state index < -0.39 is 0 Å². The summed E-state index contributed by atoms with van der Waals surface area (Å²) in [4.78, 5) is 8.26. The van der Waals surface area contributed by atoms with Crippen molar-refractivity contribution in [3.05, 3.63) is 28.8 Å². The van der Waals surface area contributed by atoms with Gasteiger partial charge in [-0.15, -0.1) is 0 Å². The molecule has 0 aliphatic carbocycles. The largest absolute Gasteiger partial charge is 0.218 e. The number of aryl methyl sites for hydroxylation is 2. The van der Waals surface area contributed by atoms with Gasteiger partial charge in [-0.05, 0) is 31.0 Å². The number of benzene rings is 1. The Bertz CT molecular complexity index is 749. The van der Waals surface area contributed by atoms with E-state index in [1.807, 2.05) is 19.9 Å². The molecule has 0 fully saturated rings. The Hall–Kier alpha value is -2.46. The van der Waals surface area contributed by atoms with Crippen LogP contribution >= 0.6 is 11.3 Å². The molecule has 0 saturated carbocycles. The number of thiazole rings is 1. The first-order valence-corrected chi connectivity index (χ1v) is 5.97. The molecule has 0 aliphatic rings. The van der Waals surface area contributed by atoms with E-state index in [4.69, 9.17) is 10.5 Å². The summed E-state index contributed by atoms with van der Waals surface area (Å²) in [5.41, 5.74) is 3.02. The van der Waals surface area contributed by atoms with E-state index in [0.717, 1.165) is 21.3 Å². The summed E-state index contributed by atoms with van der Waals surface area (Å²) in [6.07, 6.45) is 0. The molecule has 0 aliphatic heterocycles. The number of fused-ring (bicyclic) bond motifs is 1. The molecule has 1 aromatic carbocycles. The molecular weight excluding hydrogens is 244 g/mol. The summed E-state index contributed by atoms with van der Waals surface area (Å²) in [7, 11) is 0. The lowest BCUT2D eigenvalue weighted by Gasteiger charge is -1.95. The molecule has 0 saturated heterocycles. The number of hydrogen-bond acceptors (Lipinski definition) is 5. The van der Waals surface area contributed by atoms with Gasteiger partial charge in [0.1, 0.15) is 12.1 Å². The van der Waals surface area contributed by atoms with Crippen molar-refractivity contribution in [2.45, 2.75) is 13.8 Å². The zero-order valence-electron chi connectivity index (χ0n) is 9.85. The minimum absolute atomic E-state index is 0.151. The summed E-state index contributed by atoms with van der Waals surface area (Å²) < 4.78 is 1.07. The standard InChI is InChI=1S/C13H8N4S/c1-8-3-9(2)12-11(4-8)17-13(18-12)16-7-10(5-14)6-15/h3-4H,1-2H3. The Kier molecular flexibility index (Phi) is 3.21. The molecule has 2 rings (SSSR count). The van der Waals surface area contributed by atoms with Crippen LogP contribution in [0.3, 0.4) is 0 Å². The van der Waals surface area contributed by atoms with Crippen LogP contribution < -0.4 is 0 Å². The Morgan fingerprint density at radius 1 is 1.28 bits per heavy atom. The second kappa shape index (κ2) is 4.81. The third kappa shape index (κ3) is 2.28. The van der Waals surface area contributed by atoms with Crippen molar-refractivity contribution in [1.82, 2.24) is 4.98 Å². The van der Waals surface area contributed by atoms with Gasteiger partial charge in [-0.1, -0.05) is 17.4 Å². The average molecular weight is 252 g/mol. The monoisotopic (exact) mass is 252 g/mol. The molecule has 0 bridgehead atoms. The first kappa shape index (κ1) is 12.0. The first-order valence-electron chi connectivity index (χ1n) is 5.15. The van der Waals surface area contributed by atoms with Crippen LogP contribution in [0.25, 0.3) is 10.2 Å². The Labute approximate surface area is 108 Å². The Morgan fingerprint density at radius 3 is 2.67 bits per heavy atom. The number of aromatic nitrogens is 1. The molecule has 0 amide bonds. The number of nitriles is 2. The smallest absolute Gasteiger partial charge is 0.218 e. The molecule has 0 spiro atoms. The summed E-state index contributed by atoms with van der Waals surface area (Å²) in [5.74, 6) is 2.40. The van der Waals surface area contributed by atoms with Gasteiger partial charge in [0.05, 0.1) is 10.2 Å². The van der Waals surface area contributed by atoms with E-state index in [9.17, 15) is 0 Å². The van der Waals surface area contributed by atoms with E-state index in [1.54, 1.807) is 12.1 Å². The highest BCUT2D eigenvalue weighted by Crippen LogP contribution is 2.31. The fraction of sp³-hybridized carbons (Fsp3) is 0.154. The van der Waals surface area contributed by atoms with Crippen LogP contribution in [0.1, 0.15) is 11.1 Å². The third-order valence-electron chi connectivity index (χ3n) is 2.30. The minimum Gasteiger partial charge on any atom is -0.218 e. The molecule has 1 heterocycles. The number of rotatable bonds is 1. The van der Waals surface area contributed by atoms with Crippen LogP contribution in [0.5, 0.6) is 0 Å². The Morgan fingerprint density at radius 2 is 2.00 bits per heavy atom. The molecule has 4 nitrogen and oxygen atoms in total. The van der Waals surface area contributed by atoms with Crippen molar-refractivity contribution >= 4 is 32.6 Å². The number of hydrogen-bond donors (Lipinski definition) is 0. The summed E-state index contributed by atoms with van der Waals surface area (Å²) >= 11 is 1.42. The second-order valence-corrected chi connectivity index (χ2v) is 4.73. The van der Waals surface area contributed by atoms with E-state index in [1.165, 1.54) is 11.3 Å². The lowest BCUT2D eigenvalue weighted by atomic mass is 10.1. The number of nitrogens with zero attached hydrogens (tertiary/aromatic N) is 4. The van der Waals surface area contributed by atoms with Crippen molar-refractivity contribution in [2.75, 3.05) is 0 Å². The zero-order chi connectivity index (χ0) is 13.1. The quantitative estimate of drug-likeness (QED) is 0.578. The van der Waals surface area contributed by atoms with Gasteiger partial charge in [0.15, 0.2) is 5.57 Å². The summed E-state index contributed by atoms with van der Waals surface area (Å²) in [5, 5.41) is 17.7. The summed E-state index contributed by atoms with van der Waals surface area (Å²) in [6, 6.07) is 7.47. The van der Waals surface area contributed by atoms with Crippen molar-refractivity contribution in [2.24, 2.45) is 4.99 Å². The van der Waals surface area contributed by atoms with Crippen LogP contribution in [0.15, 0.2) is 22.7 Å². The molecular formula is C13H8N4S. The first-order chi connectivity index (χ1) is 8.63. The lowest BCUT2D eigenvalue weighted by molar-refractivity contribution is 1.38. The number of allylic oxidation sites excluding steroid dienone is 1. The van der Waals surface area contributed by atoms with E-state index >= 15 is 0 Å². The van der Waals surface area contributed by atoms with Gasteiger partial charge in [-0.3, -0.25) is 0 Å². The predicted molar refractivity (Wildman–Crippen MR) is 70.9 cm³/mol. The second-order valence-electron chi connectivity index (χ2n) is 3.75. The number of aliphatic imine (C=N–C) groups is 1.